The molecule has 3 aromatic carbocycles. The maximum absolute atomic E-state index is 13.7. The highest BCUT2D eigenvalue weighted by Crippen LogP contribution is 2.26. The van der Waals surface area contributed by atoms with E-state index in [-0.39, 0.29) is 36.8 Å². The average Bonchev–Trinajstić information content (AvgIpc) is 2.85. The van der Waals surface area contributed by atoms with Crippen LogP contribution in [0.15, 0.2) is 54.6 Å². The normalized spacial score (nSPS) is 11.8. The minimum atomic E-state index is -0.330. The van der Waals surface area contributed by atoms with Crippen LogP contribution < -0.4 is 10.1 Å². The summed E-state index contributed by atoms with van der Waals surface area (Å²) in [7, 11) is 1.36. The third-order valence-corrected chi connectivity index (χ3v) is 6.44. The third-order valence-electron chi connectivity index (χ3n) is 6.44. The van der Waals surface area contributed by atoms with Crippen LogP contribution in [0.5, 0.6) is 5.75 Å². The Bertz CT molecular complexity index is 1260. The molecule has 0 spiro atoms. The lowest BCUT2D eigenvalue weighted by molar-refractivity contribution is -0.140. The summed E-state index contributed by atoms with van der Waals surface area (Å²) in [6, 6.07) is 16.1. The SMILES string of the molecule is COC(=O)CCc1ccc(COc2ccc(F)cc2C)cc1C(=O)NC(CC(C)C)c1cc(C)cc(C)c1. The van der Waals surface area contributed by atoms with Crippen molar-refractivity contribution < 1.29 is 23.5 Å². The van der Waals surface area contributed by atoms with Gasteiger partial charge in [0.15, 0.2) is 0 Å². The van der Waals surface area contributed by atoms with Gasteiger partial charge in [-0.25, -0.2) is 4.39 Å². The summed E-state index contributed by atoms with van der Waals surface area (Å²) in [6.45, 7) is 10.4. The Balaban J connectivity index is 1.90. The fourth-order valence-electron chi connectivity index (χ4n) is 4.61. The molecule has 3 rings (SSSR count). The standard InChI is InChI=1S/C32H38FNO4/c1-20(2)13-29(26-15-21(3)14-22(4)16-26)34-32(36)28-18-24(7-8-25(28)9-12-31(35)37-6)19-38-30-11-10-27(33)17-23(30)5/h7-8,10-11,14-18,20,29H,9,12-13,19H2,1-6H3,(H,34,36). The Morgan fingerprint density at radius 2 is 1.66 bits per heavy atom. The second kappa shape index (κ2) is 13.2. The van der Waals surface area contributed by atoms with Gasteiger partial charge in [-0.2, -0.15) is 0 Å². The van der Waals surface area contributed by atoms with E-state index in [0.29, 0.717) is 29.2 Å². The molecule has 1 unspecified atom stereocenters. The lowest BCUT2D eigenvalue weighted by Crippen LogP contribution is -2.30. The molecule has 1 N–H and O–H groups in total. The molecule has 0 aliphatic carbocycles. The van der Waals surface area contributed by atoms with Crippen molar-refractivity contribution in [3.05, 3.63) is 99.4 Å². The maximum Gasteiger partial charge on any atom is 0.305 e. The number of rotatable bonds is 11. The van der Waals surface area contributed by atoms with Crippen molar-refractivity contribution in [3.8, 4) is 5.75 Å². The van der Waals surface area contributed by atoms with E-state index in [2.05, 4.69) is 51.2 Å². The number of esters is 1. The van der Waals surface area contributed by atoms with Crippen molar-refractivity contribution in [2.75, 3.05) is 7.11 Å². The van der Waals surface area contributed by atoms with Crippen LogP contribution in [0.3, 0.4) is 0 Å². The highest BCUT2D eigenvalue weighted by Gasteiger charge is 2.21. The summed E-state index contributed by atoms with van der Waals surface area (Å²) in [5.74, 6) is 0.110. The molecule has 3 aromatic rings. The molecule has 6 heteroatoms. The summed E-state index contributed by atoms with van der Waals surface area (Å²) in [6.07, 6.45) is 1.35. The molecular formula is C32H38FNO4. The monoisotopic (exact) mass is 519 g/mol. The lowest BCUT2D eigenvalue weighted by Gasteiger charge is -2.23. The fraction of sp³-hybridized carbons (Fsp3) is 0.375. The molecule has 0 saturated heterocycles. The van der Waals surface area contributed by atoms with Gasteiger partial charge < -0.3 is 14.8 Å². The first-order chi connectivity index (χ1) is 18.0. The van der Waals surface area contributed by atoms with Crippen molar-refractivity contribution in [2.45, 2.75) is 66.5 Å². The molecule has 202 valence electrons. The van der Waals surface area contributed by atoms with Gasteiger partial charge in [0.1, 0.15) is 18.2 Å². The minimum absolute atomic E-state index is 0.156. The highest BCUT2D eigenvalue weighted by atomic mass is 19.1. The number of aryl methyl sites for hydroxylation is 4. The smallest absolute Gasteiger partial charge is 0.305 e. The molecule has 0 aromatic heterocycles. The molecule has 1 amide bonds. The second-order valence-electron chi connectivity index (χ2n) is 10.3. The zero-order valence-corrected chi connectivity index (χ0v) is 23.2. The molecule has 0 heterocycles. The number of methoxy groups -OCH3 is 1. The van der Waals surface area contributed by atoms with Crippen LogP contribution in [-0.2, 0) is 22.6 Å². The van der Waals surface area contributed by atoms with Gasteiger partial charge >= 0.3 is 5.97 Å². The number of amides is 1. The van der Waals surface area contributed by atoms with Crippen molar-refractivity contribution >= 4 is 11.9 Å². The van der Waals surface area contributed by atoms with Crippen LogP contribution in [0.4, 0.5) is 4.39 Å². The molecule has 38 heavy (non-hydrogen) atoms. The lowest BCUT2D eigenvalue weighted by atomic mass is 9.93. The van der Waals surface area contributed by atoms with Gasteiger partial charge in [-0.05, 0) is 86.1 Å². The van der Waals surface area contributed by atoms with Crippen LogP contribution in [0.25, 0.3) is 0 Å². The van der Waals surface area contributed by atoms with E-state index in [1.54, 1.807) is 13.0 Å². The van der Waals surface area contributed by atoms with Gasteiger partial charge in [0.25, 0.3) is 5.91 Å². The van der Waals surface area contributed by atoms with Gasteiger partial charge in [0.05, 0.1) is 13.2 Å². The summed E-state index contributed by atoms with van der Waals surface area (Å²) < 4.78 is 24.2. The number of hydrogen-bond donors (Lipinski definition) is 1. The molecular weight excluding hydrogens is 481 g/mol. The number of benzene rings is 3. The van der Waals surface area contributed by atoms with E-state index in [1.807, 2.05) is 18.2 Å². The highest BCUT2D eigenvalue weighted by molar-refractivity contribution is 5.96. The fourth-order valence-corrected chi connectivity index (χ4v) is 4.61. The third kappa shape index (κ3) is 8.17. The Hall–Kier alpha value is -3.67. The van der Waals surface area contributed by atoms with Crippen molar-refractivity contribution in [1.82, 2.24) is 5.32 Å². The Morgan fingerprint density at radius 3 is 2.29 bits per heavy atom. The first kappa shape index (κ1) is 28.9. The summed E-state index contributed by atoms with van der Waals surface area (Å²) in [4.78, 5) is 25.5. The van der Waals surface area contributed by atoms with Crippen LogP contribution in [0.2, 0.25) is 0 Å². The number of halogens is 1. The molecule has 0 bridgehead atoms. The number of hydrogen-bond acceptors (Lipinski definition) is 4. The number of ether oxygens (including phenoxy) is 2. The summed E-state index contributed by atoms with van der Waals surface area (Å²) in [5.41, 5.74) is 6.14. The molecule has 0 radical (unpaired) electrons. The predicted octanol–water partition coefficient (Wildman–Crippen LogP) is 6.95. The van der Waals surface area contributed by atoms with E-state index < -0.39 is 0 Å². The first-order valence-corrected chi connectivity index (χ1v) is 13.0. The molecule has 0 aliphatic heterocycles. The van der Waals surface area contributed by atoms with E-state index >= 15 is 0 Å². The Morgan fingerprint density at radius 1 is 0.947 bits per heavy atom. The van der Waals surface area contributed by atoms with Crippen molar-refractivity contribution in [1.29, 1.82) is 0 Å². The Kier molecular flexibility index (Phi) is 10.1. The first-order valence-electron chi connectivity index (χ1n) is 13.0. The molecule has 0 aliphatic rings. The van der Waals surface area contributed by atoms with Gasteiger partial charge in [-0.3, -0.25) is 9.59 Å². The van der Waals surface area contributed by atoms with Gasteiger partial charge in [0, 0.05) is 12.0 Å². The largest absolute Gasteiger partial charge is 0.489 e. The number of carbonyl (C=O) groups excluding carboxylic acids is 2. The molecule has 1 atom stereocenters. The minimum Gasteiger partial charge on any atom is -0.489 e. The summed E-state index contributed by atoms with van der Waals surface area (Å²) in [5, 5.41) is 3.26. The van der Waals surface area contributed by atoms with E-state index in [1.165, 1.54) is 19.2 Å². The average molecular weight is 520 g/mol. The molecule has 0 fully saturated rings. The van der Waals surface area contributed by atoms with Gasteiger partial charge in [-0.1, -0.05) is 55.3 Å². The molecule has 0 saturated carbocycles. The van der Waals surface area contributed by atoms with Crippen molar-refractivity contribution in [3.63, 3.8) is 0 Å². The second-order valence-corrected chi connectivity index (χ2v) is 10.3. The molecule has 5 nitrogen and oxygen atoms in total. The van der Waals surface area contributed by atoms with Crippen LogP contribution >= 0.6 is 0 Å². The van der Waals surface area contributed by atoms with Gasteiger partial charge in [0.2, 0.25) is 0 Å². The number of carbonyl (C=O) groups is 2. The van der Waals surface area contributed by atoms with Crippen LogP contribution in [-0.4, -0.2) is 19.0 Å². The van der Waals surface area contributed by atoms with Gasteiger partial charge in [-0.15, -0.1) is 0 Å². The van der Waals surface area contributed by atoms with E-state index in [0.717, 1.165) is 34.2 Å². The zero-order valence-electron chi connectivity index (χ0n) is 23.2. The topological polar surface area (TPSA) is 64.6 Å². The van der Waals surface area contributed by atoms with Crippen LogP contribution in [0.1, 0.15) is 76.5 Å². The quantitative estimate of drug-likeness (QED) is 0.278. The zero-order chi connectivity index (χ0) is 27.8. The van der Waals surface area contributed by atoms with E-state index in [9.17, 15) is 14.0 Å². The summed E-state index contributed by atoms with van der Waals surface area (Å²) >= 11 is 0. The van der Waals surface area contributed by atoms with Crippen LogP contribution in [0, 0.1) is 32.5 Å². The number of nitrogens with one attached hydrogen (secondary N) is 1. The van der Waals surface area contributed by atoms with Crippen molar-refractivity contribution in [2.24, 2.45) is 5.92 Å². The van der Waals surface area contributed by atoms with E-state index in [4.69, 9.17) is 9.47 Å². The maximum atomic E-state index is 13.7. The predicted molar refractivity (Wildman–Crippen MR) is 148 cm³/mol. The Labute approximate surface area is 225 Å².